The minimum atomic E-state index is -0.459. The summed E-state index contributed by atoms with van der Waals surface area (Å²) < 4.78 is 10.7. The normalized spacial score (nSPS) is 21.6. The molecule has 2 aliphatic heterocycles. The number of fused-ring (bicyclic) bond motifs is 1. The average Bonchev–Trinajstić information content (AvgIpc) is 3.01. The zero-order valence-electron chi connectivity index (χ0n) is 14.4. The number of phenolic OH excluding ortho intramolecular Hbond substituents is 1. The number of carbonyl (C=O) groups excluding carboxylic acids is 1. The minimum Gasteiger partial charge on any atom is -0.507 e. The van der Waals surface area contributed by atoms with Gasteiger partial charge in [-0.05, 0) is 16.8 Å². The van der Waals surface area contributed by atoms with E-state index in [1.54, 1.807) is 6.07 Å². The molecule has 2 fully saturated rings. The first-order valence-electron chi connectivity index (χ1n) is 8.73. The third kappa shape index (κ3) is 3.49. The van der Waals surface area contributed by atoms with Gasteiger partial charge in [-0.1, -0.05) is 30.3 Å². The lowest BCUT2D eigenvalue weighted by Crippen LogP contribution is -2.41. The Labute approximate surface area is 151 Å². The van der Waals surface area contributed by atoms with Crippen LogP contribution < -0.4 is 0 Å². The fourth-order valence-electron chi connectivity index (χ4n) is 3.32. The number of hydrogen-bond acceptors (Lipinski definition) is 6. The monoisotopic (exact) mass is 355 g/mol. The molecule has 0 radical (unpaired) electrons. The number of hydrazone groups is 1. The van der Waals surface area contributed by atoms with Crippen LogP contribution in [0.1, 0.15) is 5.56 Å². The maximum atomic E-state index is 12.1. The van der Waals surface area contributed by atoms with Gasteiger partial charge in [0.15, 0.2) is 0 Å². The highest BCUT2D eigenvalue weighted by atomic mass is 16.6. The van der Waals surface area contributed by atoms with Gasteiger partial charge in [0.25, 0.3) is 0 Å². The summed E-state index contributed by atoms with van der Waals surface area (Å²) in [5.41, 5.74) is 0.590. The van der Waals surface area contributed by atoms with Crippen molar-refractivity contribution in [3.63, 3.8) is 0 Å². The standard InChI is InChI=1S/C19H21N3O4/c23-18-6-5-14-3-1-2-4-16(14)17(18)11-20-22-13-15(26-19(22)24)12-21-7-9-25-10-8-21/h1-6,11,15,23H,7-10,12-13H2/b20-11+. The number of rotatable bonds is 4. The van der Waals surface area contributed by atoms with E-state index >= 15 is 0 Å². The summed E-state index contributed by atoms with van der Waals surface area (Å²) in [6.07, 6.45) is 0.855. The Morgan fingerprint density at radius 1 is 1.19 bits per heavy atom. The van der Waals surface area contributed by atoms with Gasteiger partial charge in [0.1, 0.15) is 11.9 Å². The van der Waals surface area contributed by atoms with Gasteiger partial charge in [-0.25, -0.2) is 4.79 Å². The van der Waals surface area contributed by atoms with Gasteiger partial charge in [0, 0.05) is 25.2 Å². The number of morpholine rings is 1. The first-order valence-corrected chi connectivity index (χ1v) is 8.73. The van der Waals surface area contributed by atoms with Crippen molar-refractivity contribution in [2.75, 3.05) is 39.4 Å². The molecule has 26 heavy (non-hydrogen) atoms. The number of phenols is 1. The molecule has 0 bridgehead atoms. The van der Waals surface area contributed by atoms with E-state index in [1.165, 1.54) is 11.2 Å². The highest BCUT2D eigenvalue weighted by Gasteiger charge is 2.32. The molecule has 0 spiro atoms. The van der Waals surface area contributed by atoms with Crippen LogP contribution in [-0.4, -0.2) is 72.8 Å². The van der Waals surface area contributed by atoms with Crippen molar-refractivity contribution in [2.45, 2.75) is 6.10 Å². The van der Waals surface area contributed by atoms with E-state index in [-0.39, 0.29) is 11.9 Å². The van der Waals surface area contributed by atoms with Crippen molar-refractivity contribution in [1.29, 1.82) is 0 Å². The SMILES string of the molecule is O=C1OC(CN2CCOCC2)CN1/N=C/c1c(O)ccc2ccccc12. The van der Waals surface area contributed by atoms with Crippen LogP contribution in [0.2, 0.25) is 0 Å². The molecule has 1 unspecified atom stereocenters. The molecule has 2 heterocycles. The van der Waals surface area contributed by atoms with Crippen molar-refractivity contribution in [1.82, 2.24) is 9.91 Å². The highest BCUT2D eigenvalue weighted by molar-refractivity contribution is 6.02. The molecule has 7 heteroatoms. The number of ether oxygens (including phenoxy) is 2. The molecule has 0 saturated carbocycles. The Morgan fingerprint density at radius 3 is 2.85 bits per heavy atom. The Hall–Kier alpha value is -2.64. The van der Waals surface area contributed by atoms with Gasteiger partial charge in [0.05, 0.1) is 26.0 Å². The predicted octanol–water partition coefficient (Wildman–Crippen LogP) is 2.03. The molecular weight excluding hydrogens is 334 g/mol. The quantitative estimate of drug-likeness (QED) is 0.850. The number of hydrogen-bond donors (Lipinski definition) is 1. The van der Waals surface area contributed by atoms with Gasteiger partial charge >= 0.3 is 6.09 Å². The number of nitrogens with zero attached hydrogens (tertiary/aromatic N) is 3. The van der Waals surface area contributed by atoms with Crippen LogP contribution in [0.25, 0.3) is 10.8 Å². The molecule has 2 aromatic rings. The van der Waals surface area contributed by atoms with E-state index in [9.17, 15) is 9.90 Å². The Bertz CT molecular complexity index is 833. The Kier molecular flexibility index (Phi) is 4.73. The number of benzene rings is 2. The lowest BCUT2D eigenvalue weighted by Gasteiger charge is -2.27. The van der Waals surface area contributed by atoms with E-state index in [4.69, 9.17) is 9.47 Å². The van der Waals surface area contributed by atoms with Crippen molar-refractivity contribution in [3.8, 4) is 5.75 Å². The average molecular weight is 355 g/mol. The molecule has 0 aromatic heterocycles. The molecule has 7 nitrogen and oxygen atoms in total. The van der Waals surface area contributed by atoms with Crippen LogP contribution in [-0.2, 0) is 9.47 Å². The Morgan fingerprint density at radius 2 is 2.00 bits per heavy atom. The van der Waals surface area contributed by atoms with Crippen LogP contribution >= 0.6 is 0 Å². The predicted molar refractivity (Wildman–Crippen MR) is 97.4 cm³/mol. The van der Waals surface area contributed by atoms with Gasteiger partial charge in [-0.3, -0.25) is 4.90 Å². The molecule has 4 rings (SSSR count). The number of amides is 1. The van der Waals surface area contributed by atoms with Crippen LogP contribution in [0, 0.1) is 0 Å². The number of aromatic hydroxyl groups is 1. The minimum absolute atomic E-state index is 0.130. The van der Waals surface area contributed by atoms with E-state index in [0.29, 0.717) is 31.9 Å². The molecule has 1 amide bonds. The maximum Gasteiger partial charge on any atom is 0.430 e. The molecule has 1 N–H and O–H groups in total. The van der Waals surface area contributed by atoms with E-state index < -0.39 is 6.09 Å². The third-order valence-electron chi connectivity index (χ3n) is 4.69. The van der Waals surface area contributed by atoms with Crippen LogP contribution in [0.15, 0.2) is 41.5 Å². The Balaban J connectivity index is 1.47. The van der Waals surface area contributed by atoms with Crippen molar-refractivity contribution in [2.24, 2.45) is 5.10 Å². The van der Waals surface area contributed by atoms with Crippen molar-refractivity contribution >= 4 is 23.1 Å². The summed E-state index contributed by atoms with van der Waals surface area (Å²) in [6.45, 7) is 4.20. The number of cyclic esters (lactones) is 1. The third-order valence-corrected chi connectivity index (χ3v) is 4.69. The largest absolute Gasteiger partial charge is 0.507 e. The summed E-state index contributed by atoms with van der Waals surface area (Å²) in [5, 5.41) is 17.6. The lowest BCUT2D eigenvalue weighted by molar-refractivity contribution is 0.0188. The second-order valence-electron chi connectivity index (χ2n) is 6.46. The van der Waals surface area contributed by atoms with Crippen LogP contribution in [0.5, 0.6) is 5.75 Å². The first-order chi connectivity index (χ1) is 12.7. The second kappa shape index (κ2) is 7.31. The van der Waals surface area contributed by atoms with Crippen LogP contribution in [0.3, 0.4) is 0 Å². The molecule has 2 aliphatic rings. The van der Waals surface area contributed by atoms with Gasteiger partial charge in [0.2, 0.25) is 0 Å². The fraction of sp³-hybridized carbons (Fsp3) is 0.368. The molecule has 2 saturated heterocycles. The molecule has 136 valence electrons. The van der Waals surface area contributed by atoms with Crippen LogP contribution in [0.4, 0.5) is 4.79 Å². The van der Waals surface area contributed by atoms with Gasteiger partial charge in [-0.15, -0.1) is 0 Å². The van der Waals surface area contributed by atoms with E-state index in [2.05, 4.69) is 10.0 Å². The number of carbonyl (C=O) groups is 1. The molecular formula is C19H21N3O4. The smallest absolute Gasteiger partial charge is 0.430 e. The fourth-order valence-corrected chi connectivity index (χ4v) is 3.32. The lowest BCUT2D eigenvalue weighted by atomic mass is 10.0. The van der Waals surface area contributed by atoms with E-state index in [1.807, 2.05) is 30.3 Å². The van der Waals surface area contributed by atoms with Crippen molar-refractivity contribution < 1.29 is 19.4 Å². The summed E-state index contributed by atoms with van der Waals surface area (Å²) in [7, 11) is 0. The maximum absolute atomic E-state index is 12.1. The molecule has 2 aromatic carbocycles. The zero-order chi connectivity index (χ0) is 17.9. The summed E-state index contributed by atoms with van der Waals surface area (Å²) in [6, 6.07) is 11.2. The van der Waals surface area contributed by atoms with E-state index in [0.717, 1.165) is 23.9 Å². The highest BCUT2D eigenvalue weighted by Crippen LogP contribution is 2.26. The van der Waals surface area contributed by atoms with Crippen molar-refractivity contribution in [3.05, 3.63) is 42.0 Å². The molecule has 0 aliphatic carbocycles. The first kappa shape index (κ1) is 16.8. The second-order valence-corrected chi connectivity index (χ2v) is 6.46. The summed E-state index contributed by atoms with van der Waals surface area (Å²) in [4.78, 5) is 14.3. The molecule has 1 atom stereocenters. The summed E-state index contributed by atoms with van der Waals surface area (Å²) in [5.74, 6) is 0.130. The zero-order valence-corrected chi connectivity index (χ0v) is 14.4. The van der Waals surface area contributed by atoms with Gasteiger partial charge < -0.3 is 14.6 Å². The summed E-state index contributed by atoms with van der Waals surface area (Å²) >= 11 is 0. The van der Waals surface area contributed by atoms with Gasteiger partial charge in [-0.2, -0.15) is 10.1 Å². The topological polar surface area (TPSA) is 74.6 Å².